The Bertz CT molecular complexity index is 574. The van der Waals surface area contributed by atoms with Crippen LogP contribution < -0.4 is 10.6 Å². The highest BCUT2D eigenvalue weighted by Gasteiger charge is 2.34. The summed E-state index contributed by atoms with van der Waals surface area (Å²) in [7, 11) is -1.31. The molecule has 0 atom stereocenters. The smallest absolute Gasteiger partial charge is 0.213 e. The molecule has 0 aromatic carbocycles. The molecule has 0 aliphatic carbocycles. The molecule has 2 rings (SSSR count). The number of rotatable bonds is 6. The van der Waals surface area contributed by atoms with E-state index in [1.165, 1.54) is 10.6 Å². The molecule has 1 aromatic rings. The van der Waals surface area contributed by atoms with Gasteiger partial charge < -0.3 is 10.6 Å². The Hall–Kier alpha value is -1.12. The van der Waals surface area contributed by atoms with E-state index in [2.05, 4.69) is 20.6 Å². The molecule has 2 heterocycles. The highest BCUT2D eigenvalue weighted by Crippen LogP contribution is 2.26. The maximum absolute atomic E-state index is 11.6. The van der Waals surface area contributed by atoms with Gasteiger partial charge in [0.15, 0.2) is 11.0 Å². The minimum Gasteiger partial charge on any atom is -0.383 e. The normalized spacial score (nSPS) is 16.8. The molecule has 0 amide bonds. The average molecular weight is 320 g/mol. The maximum Gasteiger partial charge on any atom is 0.213 e. The summed E-state index contributed by atoms with van der Waals surface area (Å²) >= 11 is 5.95. The lowest BCUT2D eigenvalue weighted by atomic mass is 10.0. The summed E-state index contributed by atoms with van der Waals surface area (Å²) < 4.78 is 24.7. The van der Waals surface area contributed by atoms with E-state index >= 15 is 0 Å². The first-order valence-electron chi connectivity index (χ1n) is 6.38. The van der Waals surface area contributed by atoms with E-state index < -0.39 is 10.0 Å². The SMILES string of the molecule is CCS(=O)(=O)N1CC(CNc2ncnc(Cl)c2NC)C1. The second-order valence-corrected chi connectivity index (χ2v) is 7.22. The van der Waals surface area contributed by atoms with Crippen LogP contribution >= 0.6 is 11.6 Å². The van der Waals surface area contributed by atoms with Crippen molar-refractivity contribution in [1.29, 1.82) is 0 Å². The lowest BCUT2D eigenvalue weighted by Crippen LogP contribution is -2.52. The van der Waals surface area contributed by atoms with Gasteiger partial charge in [0.05, 0.1) is 5.75 Å². The second-order valence-electron chi connectivity index (χ2n) is 4.60. The summed E-state index contributed by atoms with van der Waals surface area (Å²) in [6, 6.07) is 0. The lowest BCUT2D eigenvalue weighted by molar-refractivity contribution is 0.212. The Morgan fingerprint density at radius 3 is 2.75 bits per heavy atom. The number of nitrogens with zero attached hydrogens (tertiary/aromatic N) is 3. The Balaban J connectivity index is 1.88. The van der Waals surface area contributed by atoms with Gasteiger partial charge in [-0.1, -0.05) is 11.6 Å². The molecule has 1 aliphatic rings. The third-order valence-corrected chi connectivity index (χ3v) is 5.39. The minimum absolute atomic E-state index is 0.151. The number of nitrogens with one attached hydrogen (secondary N) is 2. The maximum atomic E-state index is 11.6. The minimum atomic E-state index is -3.05. The molecule has 0 bridgehead atoms. The van der Waals surface area contributed by atoms with Gasteiger partial charge in [0.2, 0.25) is 10.0 Å². The predicted molar refractivity (Wildman–Crippen MR) is 79.6 cm³/mol. The van der Waals surface area contributed by atoms with Gasteiger partial charge in [-0.05, 0) is 6.92 Å². The average Bonchev–Trinajstić information content (AvgIpc) is 2.37. The Morgan fingerprint density at radius 2 is 2.15 bits per heavy atom. The highest BCUT2D eigenvalue weighted by molar-refractivity contribution is 7.89. The topological polar surface area (TPSA) is 87.2 Å². The van der Waals surface area contributed by atoms with Crippen LogP contribution in [0.4, 0.5) is 11.5 Å². The van der Waals surface area contributed by atoms with Crippen LogP contribution in [-0.2, 0) is 10.0 Å². The van der Waals surface area contributed by atoms with Crippen molar-refractivity contribution in [3.63, 3.8) is 0 Å². The van der Waals surface area contributed by atoms with Crippen molar-refractivity contribution in [3.05, 3.63) is 11.5 Å². The van der Waals surface area contributed by atoms with E-state index in [0.29, 0.717) is 36.3 Å². The standard InChI is InChI=1S/C11H18ClN5O2S/c1-3-20(18,19)17-5-8(6-17)4-14-11-9(13-2)10(12)15-7-16-11/h7-8,13H,3-6H2,1-2H3,(H,14,15,16). The molecule has 0 radical (unpaired) electrons. The number of hydrogen-bond acceptors (Lipinski definition) is 6. The molecule has 0 saturated carbocycles. The zero-order valence-electron chi connectivity index (χ0n) is 11.4. The molecule has 2 N–H and O–H groups in total. The second kappa shape index (κ2) is 6.11. The van der Waals surface area contributed by atoms with Gasteiger partial charge >= 0.3 is 0 Å². The van der Waals surface area contributed by atoms with Crippen LogP contribution in [0.5, 0.6) is 0 Å². The fraction of sp³-hybridized carbons (Fsp3) is 0.636. The van der Waals surface area contributed by atoms with Crippen molar-refractivity contribution in [2.45, 2.75) is 6.92 Å². The van der Waals surface area contributed by atoms with Crippen LogP contribution in [0.25, 0.3) is 0 Å². The third kappa shape index (κ3) is 3.13. The van der Waals surface area contributed by atoms with Crippen LogP contribution in [0.3, 0.4) is 0 Å². The van der Waals surface area contributed by atoms with Gasteiger partial charge in [0.1, 0.15) is 12.0 Å². The van der Waals surface area contributed by atoms with Gasteiger partial charge in [-0.2, -0.15) is 0 Å². The van der Waals surface area contributed by atoms with Crippen LogP contribution in [0.2, 0.25) is 5.15 Å². The molecular formula is C11H18ClN5O2S. The monoisotopic (exact) mass is 319 g/mol. The number of halogens is 1. The Labute approximate surface area is 123 Å². The van der Waals surface area contributed by atoms with Crippen LogP contribution in [-0.4, -0.2) is 55.1 Å². The first-order valence-corrected chi connectivity index (χ1v) is 8.36. The largest absolute Gasteiger partial charge is 0.383 e. The van der Waals surface area contributed by atoms with Gasteiger partial charge in [-0.3, -0.25) is 0 Å². The van der Waals surface area contributed by atoms with Gasteiger partial charge in [-0.15, -0.1) is 0 Å². The summed E-state index contributed by atoms with van der Waals surface area (Å²) in [6.45, 7) is 3.41. The summed E-state index contributed by atoms with van der Waals surface area (Å²) in [5.74, 6) is 1.07. The molecule has 112 valence electrons. The van der Waals surface area contributed by atoms with Gasteiger partial charge in [-0.25, -0.2) is 22.7 Å². The summed E-state index contributed by atoms with van der Waals surface area (Å²) in [4.78, 5) is 8.02. The third-order valence-electron chi connectivity index (χ3n) is 3.29. The zero-order valence-corrected chi connectivity index (χ0v) is 13.0. The van der Waals surface area contributed by atoms with Crippen LogP contribution in [0.1, 0.15) is 6.92 Å². The molecule has 1 fully saturated rings. The molecular weight excluding hydrogens is 302 g/mol. The number of hydrogen-bond donors (Lipinski definition) is 2. The summed E-state index contributed by atoms with van der Waals surface area (Å²) in [5, 5.41) is 6.47. The van der Waals surface area contributed by atoms with E-state index in [9.17, 15) is 8.42 Å². The zero-order chi connectivity index (χ0) is 14.8. The quantitative estimate of drug-likeness (QED) is 0.756. The van der Waals surface area contributed by atoms with E-state index in [1.54, 1.807) is 14.0 Å². The molecule has 7 nitrogen and oxygen atoms in total. The van der Waals surface area contributed by atoms with Crippen molar-refractivity contribution >= 4 is 33.1 Å². The molecule has 9 heteroatoms. The molecule has 0 unspecified atom stereocenters. The van der Waals surface area contributed by atoms with Gasteiger partial charge in [0, 0.05) is 32.6 Å². The van der Waals surface area contributed by atoms with E-state index in [1.807, 2.05) is 0 Å². The molecule has 20 heavy (non-hydrogen) atoms. The van der Waals surface area contributed by atoms with Crippen molar-refractivity contribution in [2.75, 3.05) is 43.1 Å². The van der Waals surface area contributed by atoms with E-state index in [-0.39, 0.29) is 11.7 Å². The first-order chi connectivity index (χ1) is 9.47. The highest BCUT2D eigenvalue weighted by atomic mass is 35.5. The fourth-order valence-corrected chi connectivity index (χ4v) is 3.49. The number of sulfonamides is 1. The fourth-order valence-electron chi connectivity index (χ4n) is 2.02. The molecule has 1 aliphatic heterocycles. The molecule has 1 aromatic heterocycles. The van der Waals surface area contributed by atoms with Crippen molar-refractivity contribution < 1.29 is 8.42 Å². The van der Waals surface area contributed by atoms with Crippen molar-refractivity contribution in [3.8, 4) is 0 Å². The van der Waals surface area contributed by atoms with E-state index in [4.69, 9.17) is 11.6 Å². The lowest BCUT2D eigenvalue weighted by Gasteiger charge is -2.38. The van der Waals surface area contributed by atoms with Crippen molar-refractivity contribution in [2.24, 2.45) is 5.92 Å². The van der Waals surface area contributed by atoms with E-state index in [0.717, 1.165) is 0 Å². The summed E-state index contributed by atoms with van der Waals surface area (Å²) in [5.41, 5.74) is 0.645. The van der Waals surface area contributed by atoms with Crippen LogP contribution in [0, 0.1) is 5.92 Å². The number of anilines is 2. The Kier molecular flexibility index (Phi) is 4.66. The molecule has 1 saturated heterocycles. The van der Waals surface area contributed by atoms with Gasteiger partial charge in [0.25, 0.3) is 0 Å². The van der Waals surface area contributed by atoms with Crippen molar-refractivity contribution in [1.82, 2.24) is 14.3 Å². The summed E-state index contributed by atoms with van der Waals surface area (Å²) in [6.07, 6.45) is 1.39. The predicted octanol–water partition coefficient (Wildman–Crippen LogP) is 0.865. The number of aromatic nitrogens is 2. The molecule has 0 spiro atoms. The Morgan fingerprint density at radius 1 is 1.45 bits per heavy atom. The first kappa shape index (κ1) is 15.3. The van der Waals surface area contributed by atoms with Crippen LogP contribution in [0.15, 0.2) is 6.33 Å².